The molecule has 1 aliphatic rings. The number of hydrogen-bond donors (Lipinski definition) is 0. The number of carbonyl (C=O) groups excluding carboxylic acids is 1. The van der Waals surface area contributed by atoms with Crippen molar-refractivity contribution in [3.8, 4) is 0 Å². The van der Waals surface area contributed by atoms with Crippen molar-refractivity contribution < 1.29 is 4.79 Å². The van der Waals surface area contributed by atoms with E-state index in [1.54, 1.807) is 16.0 Å². The molecule has 2 heterocycles. The van der Waals surface area contributed by atoms with Crippen LogP contribution >= 0.6 is 22.9 Å². The monoisotopic (exact) mass is 392 g/mol. The lowest BCUT2D eigenvalue weighted by Crippen LogP contribution is -2.29. The van der Waals surface area contributed by atoms with Gasteiger partial charge in [-0.05, 0) is 43.9 Å². The number of halogens is 1. The highest BCUT2D eigenvalue weighted by molar-refractivity contribution is 7.16. The second kappa shape index (κ2) is 8.26. The summed E-state index contributed by atoms with van der Waals surface area (Å²) in [6, 6.07) is 6.20. The van der Waals surface area contributed by atoms with Crippen LogP contribution in [0.2, 0.25) is 4.34 Å². The van der Waals surface area contributed by atoms with Crippen LogP contribution in [0.5, 0.6) is 0 Å². The Morgan fingerprint density at radius 1 is 1.19 bits per heavy atom. The second-order valence-corrected chi connectivity index (χ2v) is 10.2. The van der Waals surface area contributed by atoms with Gasteiger partial charge in [-0.2, -0.15) is 5.10 Å². The van der Waals surface area contributed by atoms with Crippen LogP contribution < -0.4 is 0 Å². The Bertz CT molecular complexity index is 748. The van der Waals surface area contributed by atoms with Crippen LogP contribution in [0.25, 0.3) is 0 Å². The number of carbonyl (C=O) groups is 1. The summed E-state index contributed by atoms with van der Waals surface area (Å²) in [5.41, 5.74) is 1.71. The summed E-state index contributed by atoms with van der Waals surface area (Å²) in [6.07, 6.45) is 9.29. The van der Waals surface area contributed by atoms with Gasteiger partial charge in [0, 0.05) is 21.9 Å². The first-order chi connectivity index (χ1) is 12.3. The number of aryl methyl sites for hydroxylation is 2. The highest BCUT2D eigenvalue weighted by atomic mass is 35.5. The summed E-state index contributed by atoms with van der Waals surface area (Å²) in [5, 5.41) is 4.80. The fourth-order valence-corrected chi connectivity index (χ4v) is 4.71. The predicted octanol–water partition coefficient (Wildman–Crippen LogP) is 6.51. The van der Waals surface area contributed by atoms with Gasteiger partial charge in [-0.3, -0.25) is 4.79 Å². The molecule has 0 N–H and O–H groups in total. The lowest BCUT2D eigenvalue weighted by Gasteiger charge is -2.18. The van der Waals surface area contributed by atoms with Crippen molar-refractivity contribution in [2.45, 2.75) is 78.1 Å². The molecule has 0 aliphatic heterocycles. The fourth-order valence-electron chi connectivity index (χ4n) is 3.62. The van der Waals surface area contributed by atoms with Crippen molar-refractivity contribution >= 4 is 28.8 Å². The highest BCUT2D eigenvalue weighted by Crippen LogP contribution is 2.32. The highest BCUT2D eigenvalue weighted by Gasteiger charge is 2.28. The average Bonchev–Trinajstić information content (AvgIpc) is 3.08. The number of aromatic nitrogens is 2. The topological polar surface area (TPSA) is 34.9 Å². The van der Waals surface area contributed by atoms with Crippen LogP contribution in [-0.4, -0.2) is 15.7 Å². The lowest BCUT2D eigenvalue weighted by molar-refractivity contribution is 0.0744. The molecule has 2 aromatic rings. The zero-order valence-electron chi connectivity index (χ0n) is 16.1. The van der Waals surface area contributed by atoms with Crippen molar-refractivity contribution in [1.82, 2.24) is 9.78 Å². The van der Waals surface area contributed by atoms with Gasteiger partial charge in [0.2, 0.25) is 0 Å². The summed E-state index contributed by atoms with van der Waals surface area (Å²) in [6.45, 7) is 5.89. The van der Waals surface area contributed by atoms with E-state index >= 15 is 0 Å². The van der Waals surface area contributed by atoms with Crippen molar-refractivity contribution in [2.24, 2.45) is 5.41 Å². The molecule has 0 bridgehead atoms. The average molecular weight is 393 g/mol. The van der Waals surface area contributed by atoms with Gasteiger partial charge in [-0.15, -0.1) is 11.3 Å². The van der Waals surface area contributed by atoms with E-state index in [1.165, 1.54) is 43.4 Å². The Morgan fingerprint density at radius 2 is 1.88 bits per heavy atom. The van der Waals surface area contributed by atoms with E-state index in [0.29, 0.717) is 5.92 Å². The first kappa shape index (κ1) is 19.6. The standard InChI is InChI=1S/C21H29ClN2OS/c1-21(2,3)20(25)24-16(10-11-17-12-13-19(22)26-17)14-18(23-24)15-8-6-4-5-7-9-15/h12-15H,4-11H2,1-3H3. The van der Waals surface area contributed by atoms with Crippen LogP contribution in [0.4, 0.5) is 0 Å². The van der Waals surface area contributed by atoms with E-state index in [1.807, 2.05) is 26.8 Å². The Balaban J connectivity index is 1.85. The van der Waals surface area contributed by atoms with Gasteiger partial charge in [0.25, 0.3) is 5.91 Å². The summed E-state index contributed by atoms with van der Waals surface area (Å²) in [7, 11) is 0. The van der Waals surface area contributed by atoms with Gasteiger partial charge in [-0.1, -0.05) is 58.1 Å². The van der Waals surface area contributed by atoms with Gasteiger partial charge < -0.3 is 0 Å². The molecule has 3 rings (SSSR count). The molecule has 0 amide bonds. The molecule has 0 radical (unpaired) electrons. The molecule has 3 nitrogen and oxygen atoms in total. The molecule has 142 valence electrons. The van der Waals surface area contributed by atoms with E-state index < -0.39 is 5.41 Å². The van der Waals surface area contributed by atoms with Gasteiger partial charge in [0.1, 0.15) is 0 Å². The quantitative estimate of drug-likeness (QED) is 0.556. The predicted molar refractivity (Wildman–Crippen MR) is 109 cm³/mol. The third kappa shape index (κ3) is 4.77. The van der Waals surface area contributed by atoms with Crippen molar-refractivity contribution in [3.05, 3.63) is 38.8 Å². The zero-order chi connectivity index (χ0) is 18.7. The number of rotatable bonds is 4. The molecule has 2 aromatic heterocycles. The molecular formula is C21H29ClN2OS. The molecule has 1 aliphatic carbocycles. The molecule has 1 fully saturated rings. The number of nitrogens with zero attached hydrogens (tertiary/aromatic N) is 2. The van der Waals surface area contributed by atoms with Crippen molar-refractivity contribution in [1.29, 1.82) is 0 Å². The summed E-state index contributed by atoms with van der Waals surface area (Å²) in [4.78, 5) is 14.2. The normalized spacial score (nSPS) is 16.6. The Hall–Kier alpha value is -1.13. The molecule has 0 saturated heterocycles. The minimum Gasteiger partial charge on any atom is -0.272 e. The molecule has 0 unspecified atom stereocenters. The molecule has 26 heavy (non-hydrogen) atoms. The fraction of sp³-hybridized carbons (Fsp3) is 0.619. The van der Waals surface area contributed by atoms with Crippen molar-refractivity contribution in [2.75, 3.05) is 0 Å². The van der Waals surface area contributed by atoms with Crippen LogP contribution in [0, 0.1) is 5.41 Å². The van der Waals surface area contributed by atoms with E-state index in [9.17, 15) is 4.79 Å². The first-order valence-electron chi connectivity index (χ1n) is 9.72. The van der Waals surface area contributed by atoms with E-state index in [-0.39, 0.29) is 5.91 Å². The van der Waals surface area contributed by atoms with Crippen LogP contribution in [0.1, 0.15) is 86.3 Å². The minimum atomic E-state index is -0.437. The maximum atomic E-state index is 12.9. The van der Waals surface area contributed by atoms with Gasteiger partial charge in [0.05, 0.1) is 10.0 Å². The van der Waals surface area contributed by atoms with Crippen LogP contribution in [-0.2, 0) is 12.8 Å². The third-order valence-corrected chi connectivity index (χ3v) is 6.46. The smallest absolute Gasteiger partial charge is 0.252 e. The largest absolute Gasteiger partial charge is 0.272 e. The van der Waals surface area contributed by atoms with Crippen LogP contribution in [0.15, 0.2) is 18.2 Å². The summed E-state index contributed by atoms with van der Waals surface area (Å²) >= 11 is 7.67. The lowest BCUT2D eigenvalue weighted by atomic mass is 9.95. The first-order valence-corrected chi connectivity index (χ1v) is 10.9. The molecule has 0 aromatic carbocycles. The second-order valence-electron chi connectivity index (χ2n) is 8.42. The van der Waals surface area contributed by atoms with Gasteiger partial charge in [-0.25, -0.2) is 4.68 Å². The number of hydrogen-bond acceptors (Lipinski definition) is 3. The van der Waals surface area contributed by atoms with E-state index in [4.69, 9.17) is 16.7 Å². The SMILES string of the molecule is CC(C)(C)C(=O)n1nc(C2CCCCCC2)cc1CCc1ccc(Cl)s1. The van der Waals surface area contributed by atoms with Gasteiger partial charge >= 0.3 is 0 Å². The Kier molecular flexibility index (Phi) is 6.24. The van der Waals surface area contributed by atoms with Gasteiger partial charge in [0.15, 0.2) is 0 Å². The number of thiophene rings is 1. The summed E-state index contributed by atoms with van der Waals surface area (Å²) < 4.78 is 2.51. The maximum Gasteiger partial charge on any atom is 0.252 e. The van der Waals surface area contributed by atoms with Crippen LogP contribution in [0.3, 0.4) is 0 Å². The molecule has 0 spiro atoms. The van der Waals surface area contributed by atoms with E-state index in [0.717, 1.165) is 28.6 Å². The molecule has 1 saturated carbocycles. The Labute approximate surface area is 165 Å². The molecular weight excluding hydrogens is 364 g/mol. The third-order valence-electron chi connectivity index (χ3n) is 5.17. The molecule has 0 atom stereocenters. The van der Waals surface area contributed by atoms with E-state index in [2.05, 4.69) is 12.1 Å². The zero-order valence-corrected chi connectivity index (χ0v) is 17.6. The van der Waals surface area contributed by atoms with Crippen molar-refractivity contribution in [3.63, 3.8) is 0 Å². The Morgan fingerprint density at radius 3 is 2.46 bits per heavy atom. The molecule has 5 heteroatoms. The minimum absolute atomic E-state index is 0.0802. The maximum absolute atomic E-state index is 12.9. The summed E-state index contributed by atoms with van der Waals surface area (Å²) in [5.74, 6) is 0.582.